The van der Waals surface area contributed by atoms with Crippen LogP contribution in [0.1, 0.15) is 42.7 Å². The van der Waals surface area contributed by atoms with Crippen LogP contribution in [0.4, 0.5) is 0 Å². The van der Waals surface area contributed by atoms with Gasteiger partial charge in [0.05, 0.1) is 39.4 Å². The van der Waals surface area contributed by atoms with Crippen molar-refractivity contribution in [2.75, 3.05) is 41.7 Å². The van der Waals surface area contributed by atoms with E-state index in [9.17, 15) is 9.59 Å². The number of dihydropyridines is 1. The van der Waals surface area contributed by atoms with E-state index in [0.717, 1.165) is 17.0 Å². The van der Waals surface area contributed by atoms with Crippen LogP contribution in [0.2, 0.25) is 0 Å². The third-order valence-corrected chi connectivity index (χ3v) is 6.89. The molecule has 1 aliphatic heterocycles. The number of esters is 1. The summed E-state index contributed by atoms with van der Waals surface area (Å²) in [5, 5.41) is 3.37. The van der Waals surface area contributed by atoms with Crippen molar-refractivity contribution < 1.29 is 33.3 Å². The van der Waals surface area contributed by atoms with Gasteiger partial charge in [-0.1, -0.05) is 30.3 Å². The molecule has 1 N–H and O–H groups in total. The third kappa shape index (κ3) is 5.06. The molecule has 0 aromatic heterocycles. The average Bonchev–Trinajstić information content (AvgIpc) is 2.91. The molecule has 0 fully saturated rings. The van der Waals surface area contributed by atoms with Gasteiger partial charge in [-0.15, -0.1) is 0 Å². The SMILES string of the molecule is COCCOC(=O)C1=C(C)NC2=C(C(=O)CC(c3ccccc3OC)C2)C1c1cccc(OC)c1OC. The van der Waals surface area contributed by atoms with Gasteiger partial charge >= 0.3 is 5.97 Å². The lowest BCUT2D eigenvalue weighted by Gasteiger charge is -2.37. The van der Waals surface area contributed by atoms with Gasteiger partial charge in [0, 0.05) is 42.0 Å². The van der Waals surface area contributed by atoms with Crippen LogP contribution < -0.4 is 19.5 Å². The van der Waals surface area contributed by atoms with E-state index in [4.69, 9.17) is 23.7 Å². The van der Waals surface area contributed by atoms with E-state index in [1.165, 1.54) is 0 Å². The van der Waals surface area contributed by atoms with Crippen molar-refractivity contribution in [2.24, 2.45) is 0 Å². The fraction of sp³-hybridized carbons (Fsp3) is 0.379. The van der Waals surface area contributed by atoms with Crippen LogP contribution in [0, 0.1) is 0 Å². The number of nitrogens with one attached hydrogen (secondary N) is 1. The number of rotatable bonds is 9. The molecule has 0 radical (unpaired) electrons. The van der Waals surface area contributed by atoms with Crippen molar-refractivity contribution in [3.05, 3.63) is 76.1 Å². The first-order valence-electron chi connectivity index (χ1n) is 12.2. The largest absolute Gasteiger partial charge is 0.496 e. The predicted molar refractivity (Wildman–Crippen MR) is 138 cm³/mol. The molecule has 0 saturated heterocycles. The molecule has 196 valence electrons. The second kappa shape index (κ2) is 11.5. The van der Waals surface area contributed by atoms with Gasteiger partial charge in [-0.25, -0.2) is 4.79 Å². The summed E-state index contributed by atoms with van der Waals surface area (Å²) in [4.78, 5) is 27.3. The number of ketones is 1. The first-order valence-corrected chi connectivity index (χ1v) is 12.2. The van der Waals surface area contributed by atoms with Crippen LogP contribution in [0.3, 0.4) is 0 Å². The maximum absolute atomic E-state index is 13.9. The first-order chi connectivity index (χ1) is 17.9. The van der Waals surface area contributed by atoms with Crippen LogP contribution in [0.25, 0.3) is 0 Å². The molecule has 37 heavy (non-hydrogen) atoms. The Balaban J connectivity index is 1.84. The second-order valence-electron chi connectivity index (χ2n) is 8.97. The topological polar surface area (TPSA) is 92.3 Å². The Labute approximate surface area is 217 Å². The Kier molecular flexibility index (Phi) is 8.18. The molecule has 4 rings (SSSR count). The normalized spacial score (nSPS) is 19.2. The summed E-state index contributed by atoms with van der Waals surface area (Å²) in [6.45, 7) is 2.20. The molecule has 1 aliphatic carbocycles. The van der Waals surface area contributed by atoms with Crippen molar-refractivity contribution in [2.45, 2.75) is 31.6 Å². The molecule has 0 bridgehead atoms. The van der Waals surface area contributed by atoms with E-state index in [1.54, 1.807) is 34.5 Å². The predicted octanol–water partition coefficient (Wildman–Crippen LogP) is 4.26. The molecule has 2 unspecified atom stereocenters. The monoisotopic (exact) mass is 507 g/mol. The quantitative estimate of drug-likeness (QED) is 0.398. The highest BCUT2D eigenvalue weighted by Crippen LogP contribution is 2.50. The number of para-hydroxylation sites is 2. The van der Waals surface area contributed by atoms with E-state index in [2.05, 4.69) is 5.32 Å². The number of Topliss-reactive ketones (excluding diaryl/α,β-unsaturated/α-hetero) is 1. The zero-order chi connectivity index (χ0) is 26.5. The van der Waals surface area contributed by atoms with Gasteiger partial charge in [0.25, 0.3) is 0 Å². The molecule has 2 aromatic rings. The van der Waals surface area contributed by atoms with Crippen LogP contribution in [-0.4, -0.2) is 53.4 Å². The smallest absolute Gasteiger partial charge is 0.336 e. The van der Waals surface area contributed by atoms with Crippen molar-refractivity contribution >= 4 is 11.8 Å². The molecule has 1 heterocycles. The molecule has 8 nitrogen and oxygen atoms in total. The van der Waals surface area contributed by atoms with Crippen molar-refractivity contribution in [3.63, 3.8) is 0 Å². The zero-order valence-corrected chi connectivity index (χ0v) is 21.9. The van der Waals surface area contributed by atoms with Gasteiger partial charge in [-0.2, -0.15) is 0 Å². The minimum Gasteiger partial charge on any atom is -0.496 e. The fourth-order valence-electron chi connectivity index (χ4n) is 5.28. The Morgan fingerprint density at radius 1 is 0.892 bits per heavy atom. The number of benzene rings is 2. The lowest BCUT2D eigenvalue weighted by molar-refractivity contribution is -0.140. The molecule has 0 amide bonds. The molecule has 2 atom stereocenters. The minimum atomic E-state index is -0.678. The van der Waals surface area contributed by atoms with Crippen LogP contribution in [0.5, 0.6) is 17.2 Å². The standard InChI is InChI=1S/C29H33NO7/c1-17-25(29(32)37-14-13-33-2)26(20-10-8-12-24(35-4)28(20)36-5)27-21(30-17)15-18(16-22(27)31)19-9-6-7-11-23(19)34-3/h6-12,18,26,30H,13-16H2,1-5H3. The number of hydrogen-bond acceptors (Lipinski definition) is 8. The second-order valence-corrected chi connectivity index (χ2v) is 8.97. The summed E-state index contributed by atoms with van der Waals surface area (Å²) in [5.74, 6) is 0.436. The van der Waals surface area contributed by atoms with Crippen molar-refractivity contribution in [1.29, 1.82) is 0 Å². The van der Waals surface area contributed by atoms with Crippen LogP contribution in [0.15, 0.2) is 65.0 Å². The summed E-state index contributed by atoms with van der Waals surface area (Å²) in [6, 6.07) is 13.2. The van der Waals surface area contributed by atoms with Gasteiger partial charge in [0.1, 0.15) is 12.4 Å². The van der Waals surface area contributed by atoms with E-state index in [1.807, 2.05) is 43.3 Å². The van der Waals surface area contributed by atoms with Gasteiger partial charge in [0.2, 0.25) is 0 Å². The number of methoxy groups -OCH3 is 4. The summed E-state index contributed by atoms with van der Waals surface area (Å²) < 4.78 is 27.4. The fourth-order valence-corrected chi connectivity index (χ4v) is 5.28. The van der Waals surface area contributed by atoms with Crippen LogP contribution in [-0.2, 0) is 19.1 Å². The Bertz CT molecular complexity index is 1250. The van der Waals surface area contributed by atoms with E-state index in [-0.39, 0.29) is 31.3 Å². The molecular formula is C29H33NO7. The highest BCUT2D eigenvalue weighted by atomic mass is 16.6. The third-order valence-electron chi connectivity index (χ3n) is 6.89. The zero-order valence-electron chi connectivity index (χ0n) is 21.9. The van der Waals surface area contributed by atoms with Crippen molar-refractivity contribution in [1.82, 2.24) is 5.32 Å². The first kappa shape index (κ1) is 26.3. The van der Waals surface area contributed by atoms with E-state index in [0.29, 0.717) is 40.3 Å². The van der Waals surface area contributed by atoms with Crippen LogP contribution >= 0.6 is 0 Å². The average molecular weight is 508 g/mol. The summed E-state index contributed by atoms with van der Waals surface area (Å²) in [7, 11) is 6.28. The summed E-state index contributed by atoms with van der Waals surface area (Å²) in [5.41, 5.74) is 3.97. The lowest BCUT2D eigenvalue weighted by atomic mass is 9.71. The molecule has 0 saturated carbocycles. The lowest BCUT2D eigenvalue weighted by Crippen LogP contribution is -2.36. The molecule has 2 aromatic carbocycles. The summed E-state index contributed by atoms with van der Waals surface area (Å²) in [6.07, 6.45) is 0.877. The van der Waals surface area contributed by atoms with Gasteiger partial charge < -0.3 is 29.0 Å². The molecule has 2 aliphatic rings. The highest BCUT2D eigenvalue weighted by molar-refractivity contribution is 6.04. The number of carbonyl (C=O) groups is 2. The number of carbonyl (C=O) groups excluding carboxylic acids is 2. The molecule has 8 heteroatoms. The van der Waals surface area contributed by atoms with E-state index >= 15 is 0 Å². The van der Waals surface area contributed by atoms with Crippen molar-refractivity contribution in [3.8, 4) is 17.2 Å². The van der Waals surface area contributed by atoms with Gasteiger partial charge in [-0.05, 0) is 31.0 Å². The summed E-state index contributed by atoms with van der Waals surface area (Å²) >= 11 is 0. The minimum absolute atomic E-state index is 0.0470. The van der Waals surface area contributed by atoms with Gasteiger partial charge in [-0.3, -0.25) is 4.79 Å². The molecule has 0 spiro atoms. The number of ether oxygens (including phenoxy) is 5. The molecular weight excluding hydrogens is 474 g/mol. The number of hydrogen-bond donors (Lipinski definition) is 1. The Hall–Kier alpha value is -3.78. The Morgan fingerprint density at radius 3 is 2.30 bits per heavy atom. The van der Waals surface area contributed by atoms with Gasteiger partial charge in [0.15, 0.2) is 17.3 Å². The number of allylic oxidation sites excluding steroid dienone is 3. The Morgan fingerprint density at radius 2 is 1.59 bits per heavy atom. The maximum Gasteiger partial charge on any atom is 0.336 e. The van der Waals surface area contributed by atoms with E-state index < -0.39 is 11.9 Å². The maximum atomic E-state index is 13.9. The highest BCUT2D eigenvalue weighted by Gasteiger charge is 2.43.